The number of halogens is 1. The Morgan fingerprint density at radius 2 is 2.14 bits per heavy atom. The van der Waals surface area contributed by atoms with Gasteiger partial charge in [0.15, 0.2) is 5.16 Å². The second-order valence-electron chi connectivity index (χ2n) is 2.55. The van der Waals surface area contributed by atoms with Gasteiger partial charge in [0.25, 0.3) is 0 Å². The van der Waals surface area contributed by atoms with Gasteiger partial charge in [0, 0.05) is 23.0 Å². The first-order valence-electron chi connectivity index (χ1n) is 3.97. The molecule has 0 fully saturated rings. The summed E-state index contributed by atoms with van der Waals surface area (Å²) >= 11 is 6.72. The van der Waals surface area contributed by atoms with Gasteiger partial charge in [-0.1, -0.05) is 17.8 Å². The lowest BCUT2D eigenvalue weighted by atomic mass is 10.5. The molecule has 0 saturated heterocycles. The van der Waals surface area contributed by atoms with Crippen molar-refractivity contribution >= 4 is 39.0 Å². The average Bonchev–Trinajstić information content (AvgIpc) is 2.70. The summed E-state index contributed by atoms with van der Waals surface area (Å²) < 4.78 is 0.915. The van der Waals surface area contributed by atoms with Crippen molar-refractivity contribution in [1.82, 2.24) is 9.97 Å². The highest BCUT2D eigenvalue weighted by Crippen LogP contribution is 2.22. The van der Waals surface area contributed by atoms with Crippen molar-refractivity contribution in [2.24, 2.45) is 0 Å². The minimum absolute atomic E-state index is 0.821. The van der Waals surface area contributed by atoms with Crippen molar-refractivity contribution in [3.05, 3.63) is 39.3 Å². The van der Waals surface area contributed by atoms with Crippen molar-refractivity contribution in [1.29, 1.82) is 0 Å². The number of thioether (sulfide) groups is 1. The Kier molecular flexibility index (Phi) is 3.55. The Labute approximate surface area is 98.9 Å². The Balaban J connectivity index is 1.95. The molecule has 0 N–H and O–H groups in total. The monoisotopic (exact) mass is 286 g/mol. The van der Waals surface area contributed by atoms with E-state index >= 15 is 0 Å². The summed E-state index contributed by atoms with van der Waals surface area (Å²) in [5.74, 6) is 0.944. The molecule has 0 radical (unpaired) electrons. The van der Waals surface area contributed by atoms with Crippen LogP contribution in [-0.4, -0.2) is 9.97 Å². The van der Waals surface area contributed by atoms with Gasteiger partial charge in [-0.15, -0.1) is 11.3 Å². The molecule has 0 aromatic carbocycles. The highest BCUT2D eigenvalue weighted by atomic mass is 79.9. The number of hydrogen-bond acceptors (Lipinski definition) is 4. The summed E-state index contributed by atoms with van der Waals surface area (Å²) in [5.41, 5.74) is 0. The molecular weight excluding hydrogens is 280 g/mol. The molecule has 0 bridgehead atoms. The van der Waals surface area contributed by atoms with Crippen LogP contribution in [0.2, 0.25) is 0 Å². The second kappa shape index (κ2) is 4.91. The quantitative estimate of drug-likeness (QED) is 0.637. The van der Waals surface area contributed by atoms with Crippen LogP contribution in [0.4, 0.5) is 0 Å². The van der Waals surface area contributed by atoms with E-state index in [1.165, 1.54) is 4.88 Å². The molecule has 0 aliphatic carbocycles. The van der Waals surface area contributed by atoms with E-state index in [4.69, 9.17) is 0 Å². The summed E-state index contributed by atoms with van der Waals surface area (Å²) in [4.78, 5) is 9.72. The summed E-state index contributed by atoms with van der Waals surface area (Å²) in [6, 6.07) is 4.18. The van der Waals surface area contributed by atoms with E-state index in [2.05, 4.69) is 43.4 Å². The first-order valence-corrected chi connectivity index (χ1v) is 6.63. The second-order valence-corrected chi connectivity index (χ2v) is 5.44. The molecule has 14 heavy (non-hydrogen) atoms. The predicted octanol–water partition coefficient (Wildman–Crippen LogP) is 3.59. The Bertz CT molecular complexity index is 386. The molecule has 0 atom stereocenters. The largest absolute Gasteiger partial charge is 0.230 e. The topological polar surface area (TPSA) is 25.8 Å². The number of aromatic nitrogens is 2. The van der Waals surface area contributed by atoms with Crippen molar-refractivity contribution in [3.63, 3.8) is 0 Å². The van der Waals surface area contributed by atoms with E-state index in [-0.39, 0.29) is 0 Å². The molecule has 0 aliphatic rings. The lowest BCUT2D eigenvalue weighted by molar-refractivity contribution is 0.958. The summed E-state index contributed by atoms with van der Waals surface area (Å²) in [6.07, 6.45) is 3.54. The van der Waals surface area contributed by atoms with E-state index < -0.39 is 0 Å². The predicted molar refractivity (Wildman–Crippen MR) is 63.6 cm³/mol. The van der Waals surface area contributed by atoms with Crippen LogP contribution in [0.1, 0.15) is 4.88 Å². The molecular formula is C9H7BrN2S2. The van der Waals surface area contributed by atoms with Gasteiger partial charge in [0.05, 0.1) is 4.47 Å². The van der Waals surface area contributed by atoms with E-state index in [0.717, 1.165) is 15.4 Å². The number of nitrogens with zero attached hydrogens (tertiary/aromatic N) is 2. The van der Waals surface area contributed by atoms with Crippen LogP contribution >= 0.6 is 39.0 Å². The number of rotatable bonds is 3. The van der Waals surface area contributed by atoms with E-state index in [0.29, 0.717) is 0 Å². The van der Waals surface area contributed by atoms with Gasteiger partial charge < -0.3 is 0 Å². The van der Waals surface area contributed by atoms with Gasteiger partial charge in [-0.25, -0.2) is 9.97 Å². The van der Waals surface area contributed by atoms with Crippen LogP contribution in [0.25, 0.3) is 0 Å². The van der Waals surface area contributed by atoms with Gasteiger partial charge in [0.2, 0.25) is 0 Å². The maximum absolute atomic E-state index is 4.19. The number of thiophene rings is 1. The molecule has 2 aromatic rings. The van der Waals surface area contributed by atoms with E-state index in [1.54, 1.807) is 35.5 Å². The zero-order valence-corrected chi connectivity index (χ0v) is 10.4. The number of hydrogen-bond donors (Lipinski definition) is 0. The summed E-state index contributed by atoms with van der Waals surface area (Å²) in [7, 11) is 0. The molecule has 5 heteroatoms. The highest BCUT2D eigenvalue weighted by molar-refractivity contribution is 9.10. The molecule has 2 rings (SSSR count). The molecule has 0 unspecified atom stereocenters. The van der Waals surface area contributed by atoms with Gasteiger partial charge in [-0.05, 0) is 27.4 Å². The standard InChI is InChI=1S/C9H7BrN2S2/c10-7-4-11-9(12-5-7)14-6-8-2-1-3-13-8/h1-5H,6H2. The lowest BCUT2D eigenvalue weighted by Gasteiger charge is -1.97. The zero-order chi connectivity index (χ0) is 9.80. The zero-order valence-electron chi connectivity index (χ0n) is 7.18. The normalized spacial score (nSPS) is 10.4. The maximum atomic E-state index is 4.19. The van der Waals surface area contributed by atoms with Gasteiger partial charge >= 0.3 is 0 Å². The first kappa shape index (κ1) is 10.1. The molecule has 0 spiro atoms. The van der Waals surface area contributed by atoms with Crippen LogP contribution in [0, 0.1) is 0 Å². The minimum atomic E-state index is 0.821. The SMILES string of the molecule is Brc1cnc(SCc2cccs2)nc1. The van der Waals surface area contributed by atoms with Crippen molar-refractivity contribution < 1.29 is 0 Å². The Hall–Kier alpha value is -0.390. The van der Waals surface area contributed by atoms with Crippen molar-refractivity contribution in [2.75, 3.05) is 0 Å². The van der Waals surface area contributed by atoms with E-state index in [9.17, 15) is 0 Å². The van der Waals surface area contributed by atoms with Crippen LogP contribution in [0.5, 0.6) is 0 Å². The van der Waals surface area contributed by atoms with Crippen LogP contribution in [0.15, 0.2) is 39.5 Å². The average molecular weight is 287 g/mol. The molecule has 2 nitrogen and oxygen atoms in total. The van der Waals surface area contributed by atoms with Crippen LogP contribution in [-0.2, 0) is 5.75 Å². The van der Waals surface area contributed by atoms with E-state index in [1.807, 2.05) is 0 Å². The van der Waals surface area contributed by atoms with Crippen LogP contribution in [0.3, 0.4) is 0 Å². The van der Waals surface area contributed by atoms with Crippen LogP contribution < -0.4 is 0 Å². The Morgan fingerprint density at radius 3 is 2.79 bits per heavy atom. The fourth-order valence-corrected chi connectivity index (χ4v) is 2.67. The highest BCUT2D eigenvalue weighted by Gasteiger charge is 1.99. The van der Waals surface area contributed by atoms with Gasteiger partial charge in [-0.3, -0.25) is 0 Å². The third kappa shape index (κ3) is 2.80. The van der Waals surface area contributed by atoms with Crippen molar-refractivity contribution in [3.8, 4) is 0 Å². The fraction of sp³-hybridized carbons (Fsp3) is 0.111. The molecule has 0 saturated carbocycles. The third-order valence-electron chi connectivity index (χ3n) is 1.52. The minimum Gasteiger partial charge on any atom is -0.230 e. The molecule has 0 aliphatic heterocycles. The Morgan fingerprint density at radius 1 is 1.36 bits per heavy atom. The maximum Gasteiger partial charge on any atom is 0.187 e. The third-order valence-corrected chi connectivity index (χ3v) is 3.91. The summed E-state index contributed by atoms with van der Waals surface area (Å²) in [5, 5.41) is 2.90. The van der Waals surface area contributed by atoms with Gasteiger partial charge in [-0.2, -0.15) is 0 Å². The van der Waals surface area contributed by atoms with Gasteiger partial charge in [0.1, 0.15) is 0 Å². The smallest absolute Gasteiger partial charge is 0.187 e. The summed E-state index contributed by atoms with van der Waals surface area (Å²) in [6.45, 7) is 0. The lowest BCUT2D eigenvalue weighted by Crippen LogP contribution is -1.84. The fourth-order valence-electron chi connectivity index (χ4n) is 0.905. The van der Waals surface area contributed by atoms with Crippen molar-refractivity contribution in [2.45, 2.75) is 10.9 Å². The molecule has 2 aromatic heterocycles. The molecule has 0 amide bonds. The molecule has 72 valence electrons. The first-order chi connectivity index (χ1) is 6.84. The molecule has 2 heterocycles.